The van der Waals surface area contributed by atoms with Crippen molar-refractivity contribution in [1.29, 1.82) is 0 Å². The molecule has 7 heteroatoms. The van der Waals surface area contributed by atoms with Gasteiger partial charge in [-0.1, -0.05) is 30.7 Å². The van der Waals surface area contributed by atoms with Crippen LogP contribution in [0.1, 0.15) is 47.3 Å². The number of benzene rings is 1. The van der Waals surface area contributed by atoms with E-state index in [4.69, 9.17) is 11.6 Å². The molecule has 2 N–H and O–H groups in total. The minimum atomic E-state index is -0.718. The van der Waals surface area contributed by atoms with Crippen molar-refractivity contribution < 1.29 is 14.0 Å². The highest BCUT2D eigenvalue weighted by Crippen LogP contribution is 2.29. The van der Waals surface area contributed by atoms with Gasteiger partial charge in [0.05, 0.1) is 16.6 Å². The van der Waals surface area contributed by atoms with E-state index in [1.807, 2.05) is 13.0 Å². The number of aromatic nitrogens is 1. The average Bonchev–Trinajstić information content (AvgIpc) is 2.73. The zero-order valence-electron chi connectivity index (χ0n) is 15.5. The SMILES string of the molecule is CC[C@H](NC(=O)C1=CCCNC1)c1ccc(Cl)c(C(=O)c2cccnc2)c1F. The summed E-state index contributed by atoms with van der Waals surface area (Å²) in [5.41, 5.74) is 0.900. The van der Waals surface area contributed by atoms with E-state index < -0.39 is 17.6 Å². The third kappa shape index (κ3) is 4.29. The Hall–Kier alpha value is -2.57. The van der Waals surface area contributed by atoms with Crippen LogP contribution in [0, 0.1) is 5.82 Å². The summed E-state index contributed by atoms with van der Waals surface area (Å²) in [6.45, 7) is 3.16. The lowest BCUT2D eigenvalue weighted by Crippen LogP contribution is -2.35. The van der Waals surface area contributed by atoms with Gasteiger partial charge in [0.25, 0.3) is 0 Å². The van der Waals surface area contributed by atoms with E-state index >= 15 is 4.39 Å². The molecule has 1 aliphatic rings. The molecular formula is C21H21ClFN3O2. The van der Waals surface area contributed by atoms with Crippen LogP contribution in [0.15, 0.2) is 48.3 Å². The highest BCUT2D eigenvalue weighted by Gasteiger charge is 2.25. The lowest BCUT2D eigenvalue weighted by atomic mass is 9.96. The molecule has 146 valence electrons. The average molecular weight is 402 g/mol. The molecule has 28 heavy (non-hydrogen) atoms. The van der Waals surface area contributed by atoms with Crippen molar-refractivity contribution in [2.24, 2.45) is 0 Å². The molecule has 1 aromatic heterocycles. The molecule has 0 saturated heterocycles. The van der Waals surface area contributed by atoms with Crippen molar-refractivity contribution in [3.05, 3.63) is 75.8 Å². The molecule has 2 heterocycles. The fourth-order valence-corrected chi connectivity index (χ4v) is 3.39. The van der Waals surface area contributed by atoms with Gasteiger partial charge < -0.3 is 10.6 Å². The minimum Gasteiger partial charge on any atom is -0.345 e. The highest BCUT2D eigenvalue weighted by molar-refractivity contribution is 6.35. The Bertz CT molecular complexity index is 915. The largest absolute Gasteiger partial charge is 0.345 e. The summed E-state index contributed by atoms with van der Waals surface area (Å²) >= 11 is 6.14. The van der Waals surface area contributed by atoms with Gasteiger partial charge in [-0.05, 0) is 37.6 Å². The maximum Gasteiger partial charge on any atom is 0.248 e. The van der Waals surface area contributed by atoms with Gasteiger partial charge in [-0.15, -0.1) is 0 Å². The monoisotopic (exact) mass is 401 g/mol. The standard InChI is InChI=1S/C21H21ClFN3O2/c1-2-17(26-21(28)14-6-4-10-25-12-14)15-7-8-16(22)18(19(15)23)20(27)13-5-3-9-24-11-13/h3,5-9,11,17,25H,2,4,10,12H2,1H3,(H,26,28)/t17-/m0/s1. The number of nitrogens with zero attached hydrogens (tertiary/aromatic N) is 1. The maximum atomic E-state index is 15.3. The Labute approximate surface area is 168 Å². The van der Waals surface area contributed by atoms with Crippen LogP contribution in [0.4, 0.5) is 4.39 Å². The van der Waals surface area contributed by atoms with Crippen LogP contribution in [-0.2, 0) is 4.79 Å². The molecule has 0 fully saturated rings. The van der Waals surface area contributed by atoms with Crippen LogP contribution >= 0.6 is 11.6 Å². The third-order valence-corrected chi connectivity index (χ3v) is 4.99. The number of hydrogen-bond acceptors (Lipinski definition) is 4. The lowest BCUT2D eigenvalue weighted by molar-refractivity contribution is -0.118. The van der Waals surface area contributed by atoms with Crippen molar-refractivity contribution in [3.63, 3.8) is 0 Å². The molecule has 0 aliphatic carbocycles. The van der Waals surface area contributed by atoms with E-state index in [1.54, 1.807) is 12.1 Å². The van der Waals surface area contributed by atoms with Crippen LogP contribution in [0.5, 0.6) is 0 Å². The molecule has 0 radical (unpaired) electrons. The Morgan fingerprint density at radius 1 is 1.36 bits per heavy atom. The Kier molecular flexibility index (Phi) is 6.54. The van der Waals surface area contributed by atoms with Crippen LogP contribution in [-0.4, -0.2) is 29.8 Å². The molecule has 0 saturated carbocycles. The summed E-state index contributed by atoms with van der Waals surface area (Å²) < 4.78 is 15.3. The Morgan fingerprint density at radius 3 is 2.82 bits per heavy atom. The molecule has 5 nitrogen and oxygen atoms in total. The molecule has 2 aromatic rings. The number of nitrogens with one attached hydrogen (secondary N) is 2. The summed E-state index contributed by atoms with van der Waals surface area (Å²) in [4.78, 5) is 29.2. The number of rotatable bonds is 6. The molecule has 1 aliphatic heterocycles. The second kappa shape index (κ2) is 9.08. The predicted molar refractivity (Wildman–Crippen MR) is 106 cm³/mol. The van der Waals surface area contributed by atoms with Crippen molar-refractivity contribution >= 4 is 23.3 Å². The van der Waals surface area contributed by atoms with E-state index in [1.165, 1.54) is 24.5 Å². The van der Waals surface area contributed by atoms with E-state index in [0.717, 1.165) is 13.0 Å². The van der Waals surface area contributed by atoms with Crippen LogP contribution in [0.3, 0.4) is 0 Å². The Balaban J connectivity index is 1.91. The summed E-state index contributed by atoms with van der Waals surface area (Å²) in [5.74, 6) is -1.50. The van der Waals surface area contributed by atoms with Gasteiger partial charge in [0, 0.05) is 35.6 Å². The number of amides is 1. The van der Waals surface area contributed by atoms with E-state index in [-0.39, 0.29) is 27.6 Å². The summed E-state index contributed by atoms with van der Waals surface area (Å²) in [6, 6.07) is 5.58. The first kappa shape index (κ1) is 20.2. The molecule has 1 atom stereocenters. The molecule has 0 unspecified atom stereocenters. The molecule has 3 rings (SSSR count). The second-order valence-corrected chi connectivity index (χ2v) is 6.93. The van der Waals surface area contributed by atoms with Crippen LogP contribution in [0.25, 0.3) is 0 Å². The van der Waals surface area contributed by atoms with Gasteiger partial charge in [0.15, 0.2) is 5.78 Å². The number of halogens is 2. The minimum absolute atomic E-state index is 0.0236. The quantitative estimate of drug-likeness (QED) is 0.725. The van der Waals surface area contributed by atoms with Crippen LogP contribution in [0.2, 0.25) is 5.02 Å². The molecule has 0 bridgehead atoms. The second-order valence-electron chi connectivity index (χ2n) is 6.53. The smallest absolute Gasteiger partial charge is 0.248 e. The number of carbonyl (C=O) groups excluding carboxylic acids is 2. The third-order valence-electron chi connectivity index (χ3n) is 4.68. The Morgan fingerprint density at radius 2 is 2.18 bits per heavy atom. The van der Waals surface area contributed by atoms with Gasteiger partial charge in [0.2, 0.25) is 5.91 Å². The zero-order valence-corrected chi connectivity index (χ0v) is 16.2. The first-order valence-corrected chi connectivity index (χ1v) is 9.54. The summed E-state index contributed by atoms with van der Waals surface area (Å²) in [6.07, 6.45) is 6.02. The summed E-state index contributed by atoms with van der Waals surface area (Å²) in [5, 5.41) is 6.03. The highest BCUT2D eigenvalue weighted by atomic mass is 35.5. The van der Waals surface area contributed by atoms with Gasteiger partial charge in [-0.3, -0.25) is 14.6 Å². The van der Waals surface area contributed by atoms with Crippen LogP contribution < -0.4 is 10.6 Å². The number of ketones is 1. The molecule has 0 spiro atoms. The van der Waals surface area contributed by atoms with Gasteiger partial charge in [0.1, 0.15) is 5.82 Å². The van der Waals surface area contributed by atoms with Crippen molar-refractivity contribution in [2.45, 2.75) is 25.8 Å². The molecule has 1 aromatic carbocycles. The summed E-state index contributed by atoms with van der Waals surface area (Å²) in [7, 11) is 0. The molecular weight excluding hydrogens is 381 g/mol. The topological polar surface area (TPSA) is 71.1 Å². The number of hydrogen-bond donors (Lipinski definition) is 2. The van der Waals surface area contributed by atoms with Gasteiger partial charge >= 0.3 is 0 Å². The lowest BCUT2D eigenvalue weighted by Gasteiger charge is -2.22. The maximum absolute atomic E-state index is 15.3. The first-order chi connectivity index (χ1) is 13.5. The van der Waals surface area contributed by atoms with Crippen molar-refractivity contribution in [3.8, 4) is 0 Å². The van der Waals surface area contributed by atoms with E-state index in [0.29, 0.717) is 18.5 Å². The van der Waals surface area contributed by atoms with E-state index in [9.17, 15) is 9.59 Å². The number of carbonyl (C=O) groups is 2. The van der Waals surface area contributed by atoms with Crippen molar-refractivity contribution in [2.75, 3.05) is 13.1 Å². The van der Waals surface area contributed by atoms with Crippen molar-refractivity contribution in [1.82, 2.24) is 15.6 Å². The fourth-order valence-electron chi connectivity index (χ4n) is 3.15. The number of pyridine rings is 1. The normalized spacial score (nSPS) is 14.9. The van der Waals surface area contributed by atoms with Gasteiger partial charge in [-0.2, -0.15) is 0 Å². The fraction of sp³-hybridized carbons (Fsp3) is 0.286. The predicted octanol–water partition coefficient (Wildman–Crippen LogP) is 3.59. The first-order valence-electron chi connectivity index (χ1n) is 9.16. The zero-order chi connectivity index (χ0) is 20.1. The molecule has 1 amide bonds. The van der Waals surface area contributed by atoms with Gasteiger partial charge in [-0.25, -0.2) is 4.39 Å². The van der Waals surface area contributed by atoms with E-state index in [2.05, 4.69) is 15.6 Å².